The molecule has 0 unspecified atom stereocenters. The van der Waals surface area contributed by atoms with Crippen LogP contribution in [-0.2, 0) is 4.74 Å². The first kappa shape index (κ1) is 11.6. The fourth-order valence-corrected chi connectivity index (χ4v) is 1.13. The summed E-state index contributed by atoms with van der Waals surface area (Å²) in [5, 5.41) is 0. The fourth-order valence-electron chi connectivity index (χ4n) is 1.13. The maximum absolute atomic E-state index is 12.5. The molecule has 0 aliphatic rings. The summed E-state index contributed by atoms with van der Waals surface area (Å²) >= 11 is 0. The van der Waals surface area contributed by atoms with Crippen molar-refractivity contribution in [2.75, 3.05) is 6.61 Å². The Morgan fingerprint density at radius 2 is 2.27 bits per heavy atom. The molecule has 5 heteroatoms. The number of halogens is 2. The van der Waals surface area contributed by atoms with Crippen LogP contribution in [0.4, 0.5) is 8.78 Å². The Morgan fingerprint density at radius 1 is 1.60 bits per heavy atom. The largest absolute Gasteiger partial charge is 0.462 e. The van der Waals surface area contributed by atoms with Gasteiger partial charge in [-0.1, -0.05) is 0 Å². The third kappa shape index (κ3) is 2.71. The number of alkyl halides is 2. The molecule has 0 N–H and O–H groups in total. The molecule has 0 aliphatic carbocycles. The van der Waals surface area contributed by atoms with Crippen LogP contribution >= 0.6 is 0 Å². The number of carbonyl (C=O) groups excluding carboxylic acids is 1. The van der Waals surface area contributed by atoms with Crippen LogP contribution in [0.25, 0.3) is 0 Å². The minimum atomic E-state index is -2.72. The Balaban J connectivity index is 3.12. The molecule has 0 amide bonds. The van der Waals surface area contributed by atoms with E-state index in [-0.39, 0.29) is 17.7 Å². The zero-order valence-electron chi connectivity index (χ0n) is 8.46. The number of hydrogen-bond acceptors (Lipinski definition) is 3. The summed E-state index contributed by atoms with van der Waals surface area (Å²) in [4.78, 5) is 15.1. The van der Waals surface area contributed by atoms with Gasteiger partial charge in [-0.15, -0.1) is 0 Å². The highest BCUT2D eigenvalue weighted by Crippen LogP contribution is 2.23. The lowest BCUT2D eigenvalue weighted by Gasteiger charge is -2.08. The molecule has 1 aromatic heterocycles. The summed E-state index contributed by atoms with van der Waals surface area (Å²) in [5.41, 5.74) is 0.000790. The molecule has 0 saturated heterocycles. The van der Waals surface area contributed by atoms with Crippen molar-refractivity contribution >= 4 is 5.97 Å². The van der Waals surface area contributed by atoms with E-state index in [1.54, 1.807) is 13.8 Å². The van der Waals surface area contributed by atoms with Crippen LogP contribution < -0.4 is 0 Å². The molecular weight excluding hydrogens is 204 g/mol. The Labute approximate surface area is 86.1 Å². The third-order valence-electron chi connectivity index (χ3n) is 1.80. The second kappa shape index (κ2) is 4.82. The maximum atomic E-state index is 12.5. The lowest BCUT2D eigenvalue weighted by atomic mass is 10.1. The number of pyridine rings is 1. The number of aromatic nitrogens is 1. The molecule has 15 heavy (non-hydrogen) atoms. The van der Waals surface area contributed by atoms with Crippen molar-refractivity contribution in [3.8, 4) is 0 Å². The molecule has 1 rings (SSSR count). The molecule has 1 aromatic rings. The molecule has 0 spiro atoms. The molecule has 0 radical (unpaired) electrons. The zero-order valence-corrected chi connectivity index (χ0v) is 8.46. The highest BCUT2D eigenvalue weighted by Gasteiger charge is 2.19. The van der Waals surface area contributed by atoms with Gasteiger partial charge in [-0.2, -0.15) is 0 Å². The first-order chi connectivity index (χ1) is 7.06. The molecule has 0 saturated carbocycles. The van der Waals surface area contributed by atoms with Crippen molar-refractivity contribution < 1.29 is 18.3 Å². The van der Waals surface area contributed by atoms with E-state index in [0.717, 1.165) is 6.20 Å². The van der Waals surface area contributed by atoms with E-state index >= 15 is 0 Å². The summed E-state index contributed by atoms with van der Waals surface area (Å²) in [6.07, 6.45) is -1.72. The average molecular weight is 215 g/mol. The first-order valence-electron chi connectivity index (χ1n) is 4.48. The Bertz CT molecular complexity index is 366. The highest BCUT2D eigenvalue weighted by molar-refractivity contribution is 5.91. The zero-order chi connectivity index (χ0) is 11.4. The number of nitrogens with zero attached hydrogens (tertiary/aromatic N) is 1. The van der Waals surface area contributed by atoms with Gasteiger partial charge in [0.25, 0.3) is 6.43 Å². The monoisotopic (exact) mass is 215 g/mol. The van der Waals surface area contributed by atoms with Crippen molar-refractivity contribution in [1.29, 1.82) is 0 Å². The number of hydrogen-bond donors (Lipinski definition) is 0. The minimum absolute atomic E-state index is 0.112. The van der Waals surface area contributed by atoms with Crippen LogP contribution in [0.5, 0.6) is 0 Å². The predicted molar refractivity (Wildman–Crippen MR) is 49.9 cm³/mol. The molecule has 1 heterocycles. The molecular formula is C10H11F2NO2. The summed E-state index contributed by atoms with van der Waals surface area (Å²) in [5.74, 6) is -0.738. The standard InChI is InChI=1S/C10H11F2NO2/c1-3-15-10(14)7-4-6(2)13-5-8(7)9(11)12/h4-5,9H,3H2,1-2H3. The predicted octanol–water partition coefficient (Wildman–Crippen LogP) is 2.50. The van der Waals surface area contributed by atoms with Gasteiger partial charge in [-0.05, 0) is 19.9 Å². The van der Waals surface area contributed by atoms with Crippen molar-refractivity contribution in [3.05, 3.63) is 29.1 Å². The fraction of sp³-hybridized carbons (Fsp3) is 0.400. The maximum Gasteiger partial charge on any atom is 0.338 e. The summed E-state index contributed by atoms with van der Waals surface area (Å²) in [6, 6.07) is 1.31. The van der Waals surface area contributed by atoms with Crippen LogP contribution in [0.1, 0.15) is 35.0 Å². The van der Waals surface area contributed by atoms with Crippen LogP contribution in [0.15, 0.2) is 12.3 Å². The van der Waals surface area contributed by atoms with Gasteiger partial charge in [0.15, 0.2) is 0 Å². The summed E-state index contributed by atoms with van der Waals surface area (Å²) in [7, 11) is 0. The molecule has 0 atom stereocenters. The van der Waals surface area contributed by atoms with E-state index in [9.17, 15) is 13.6 Å². The van der Waals surface area contributed by atoms with E-state index < -0.39 is 12.4 Å². The average Bonchev–Trinajstić information content (AvgIpc) is 2.17. The van der Waals surface area contributed by atoms with Gasteiger partial charge in [-0.25, -0.2) is 13.6 Å². The molecule has 0 aliphatic heterocycles. The number of carbonyl (C=O) groups is 1. The van der Waals surface area contributed by atoms with Crippen molar-refractivity contribution in [2.24, 2.45) is 0 Å². The van der Waals surface area contributed by atoms with E-state index in [0.29, 0.717) is 5.69 Å². The lowest BCUT2D eigenvalue weighted by Crippen LogP contribution is -2.09. The number of aryl methyl sites for hydroxylation is 1. The van der Waals surface area contributed by atoms with Crippen LogP contribution in [0.2, 0.25) is 0 Å². The van der Waals surface area contributed by atoms with Gasteiger partial charge in [-0.3, -0.25) is 4.98 Å². The van der Waals surface area contributed by atoms with E-state index in [2.05, 4.69) is 9.72 Å². The Hall–Kier alpha value is -1.52. The van der Waals surface area contributed by atoms with Gasteiger partial charge in [0.05, 0.1) is 17.7 Å². The minimum Gasteiger partial charge on any atom is -0.462 e. The lowest BCUT2D eigenvalue weighted by molar-refractivity contribution is 0.0515. The van der Waals surface area contributed by atoms with E-state index in [4.69, 9.17) is 0 Å². The van der Waals surface area contributed by atoms with Crippen molar-refractivity contribution in [1.82, 2.24) is 4.98 Å². The summed E-state index contributed by atoms with van der Waals surface area (Å²) in [6.45, 7) is 3.40. The molecule has 0 fully saturated rings. The summed E-state index contributed by atoms with van der Waals surface area (Å²) < 4.78 is 29.7. The van der Waals surface area contributed by atoms with Crippen LogP contribution in [0, 0.1) is 6.92 Å². The van der Waals surface area contributed by atoms with Gasteiger partial charge in [0.1, 0.15) is 0 Å². The van der Waals surface area contributed by atoms with Crippen LogP contribution in [0.3, 0.4) is 0 Å². The van der Waals surface area contributed by atoms with Crippen LogP contribution in [-0.4, -0.2) is 17.6 Å². The first-order valence-corrected chi connectivity index (χ1v) is 4.48. The quantitative estimate of drug-likeness (QED) is 0.727. The third-order valence-corrected chi connectivity index (χ3v) is 1.80. The SMILES string of the molecule is CCOC(=O)c1cc(C)ncc1C(F)F. The van der Waals surface area contributed by atoms with Gasteiger partial charge in [0.2, 0.25) is 0 Å². The number of ether oxygens (including phenoxy) is 1. The second-order valence-corrected chi connectivity index (χ2v) is 2.93. The Kier molecular flexibility index (Phi) is 3.71. The Morgan fingerprint density at radius 3 is 2.80 bits per heavy atom. The van der Waals surface area contributed by atoms with Crippen molar-refractivity contribution in [2.45, 2.75) is 20.3 Å². The molecule has 82 valence electrons. The number of esters is 1. The highest BCUT2D eigenvalue weighted by atomic mass is 19.3. The van der Waals surface area contributed by atoms with Crippen molar-refractivity contribution in [3.63, 3.8) is 0 Å². The number of rotatable bonds is 3. The van der Waals surface area contributed by atoms with Gasteiger partial charge in [0, 0.05) is 11.9 Å². The van der Waals surface area contributed by atoms with Gasteiger partial charge < -0.3 is 4.74 Å². The van der Waals surface area contributed by atoms with Gasteiger partial charge >= 0.3 is 5.97 Å². The molecule has 0 aromatic carbocycles. The topological polar surface area (TPSA) is 39.2 Å². The smallest absolute Gasteiger partial charge is 0.338 e. The normalized spacial score (nSPS) is 10.5. The van der Waals surface area contributed by atoms with E-state index in [1.165, 1.54) is 6.07 Å². The molecule has 0 bridgehead atoms. The molecule has 3 nitrogen and oxygen atoms in total. The van der Waals surface area contributed by atoms with E-state index in [1.807, 2.05) is 0 Å². The second-order valence-electron chi connectivity index (χ2n) is 2.93.